The third-order valence-corrected chi connectivity index (χ3v) is 5.57. The van der Waals surface area contributed by atoms with Crippen LogP contribution in [0.4, 0.5) is 0 Å². The van der Waals surface area contributed by atoms with Crippen LogP contribution in [0, 0.1) is 0 Å². The zero-order chi connectivity index (χ0) is 14.8. The van der Waals surface area contributed by atoms with Gasteiger partial charge in [0.1, 0.15) is 5.75 Å². The standard InChI is InChI=1S/C14H21NO4S/c1-3-7-20(17,18)15-10-12(16)9-14(15)11-5-4-6-13(8-11)19-2/h4-6,8,12,14,16H,3,7,9-10H2,1-2H3. The van der Waals surface area contributed by atoms with E-state index >= 15 is 0 Å². The van der Waals surface area contributed by atoms with Crippen LogP contribution in [0.1, 0.15) is 31.4 Å². The Bertz CT molecular complexity index is 558. The molecule has 1 fully saturated rings. The molecule has 0 saturated carbocycles. The van der Waals surface area contributed by atoms with Gasteiger partial charge < -0.3 is 9.84 Å². The van der Waals surface area contributed by atoms with Gasteiger partial charge in [-0.25, -0.2) is 8.42 Å². The molecular weight excluding hydrogens is 278 g/mol. The predicted molar refractivity (Wildman–Crippen MR) is 77.1 cm³/mol. The number of benzene rings is 1. The molecule has 6 heteroatoms. The van der Waals surface area contributed by atoms with Crippen molar-refractivity contribution in [1.29, 1.82) is 0 Å². The quantitative estimate of drug-likeness (QED) is 0.895. The summed E-state index contributed by atoms with van der Waals surface area (Å²) in [6.07, 6.45) is 0.383. The first-order valence-corrected chi connectivity index (χ1v) is 8.40. The van der Waals surface area contributed by atoms with Gasteiger partial charge in [0, 0.05) is 6.54 Å². The van der Waals surface area contributed by atoms with E-state index in [0.717, 1.165) is 5.56 Å². The Labute approximate surface area is 120 Å². The van der Waals surface area contributed by atoms with Crippen molar-refractivity contribution >= 4 is 10.0 Å². The van der Waals surface area contributed by atoms with Crippen LogP contribution < -0.4 is 4.74 Å². The van der Waals surface area contributed by atoms with Crippen molar-refractivity contribution in [3.63, 3.8) is 0 Å². The maximum absolute atomic E-state index is 12.3. The molecule has 5 nitrogen and oxygen atoms in total. The monoisotopic (exact) mass is 299 g/mol. The van der Waals surface area contributed by atoms with Gasteiger partial charge in [0.25, 0.3) is 0 Å². The number of β-amino-alcohol motifs (C(OH)–C–C–N with tert-alkyl or cyclic N) is 1. The first kappa shape index (κ1) is 15.3. The number of aliphatic hydroxyl groups is 1. The molecule has 20 heavy (non-hydrogen) atoms. The third-order valence-electron chi connectivity index (χ3n) is 3.53. The van der Waals surface area contributed by atoms with Crippen LogP contribution in [0.2, 0.25) is 0 Å². The summed E-state index contributed by atoms with van der Waals surface area (Å²) in [5.74, 6) is 0.803. The van der Waals surface area contributed by atoms with Crippen molar-refractivity contribution in [2.75, 3.05) is 19.4 Å². The maximum Gasteiger partial charge on any atom is 0.214 e. The van der Waals surface area contributed by atoms with Gasteiger partial charge in [0.05, 0.1) is 25.0 Å². The molecule has 0 aliphatic carbocycles. The Kier molecular flexibility index (Phi) is 4.67. The third kappa shape index (κ3) is 3.13. The van der Waals surface area contributed by atoms with Crippen LogP contribution in [0.25, 0.3) is 0 Å². The fraction of sp³-hybridized carbons (Fsp3) is 0.571. The Morgan fingerprint density at radius 1 is 1.45 bits per heavy atom. The smallest absolute Gasteiger partial charge is 0.214 e. The molecule has 1 aliphatic rings. The molecule has 1 heterocycles. The van der Waals surface area contributed by atoms with Crippen molar-refractivity contribution in [2.24, 2.45) is 0 Å². The summed E-state index contributed by atoms with van der Waals surface area (Å²) in [7, 11) is -1.75. The van der Waals surface area contributed by atoms with E-state index in [4.69, 9.17) is 4.74 Å². The molecule has 0 aromatic heterocycles. The van der Waals surface area contributed by atoms with E-state index in [2.05, 4.69) is 0 Å². The van der Waals surface area contributed by atoms with E-state index in [0.29, 0.717) is 18.6 Å². The maximum atomic E-state index is 12.3. The molecule has 1 N–H and O–H groups in total. The summed E-state index contributed by atoms with van der Waals surface area (Å²) in [5, 5.41) is 9.85. The van der Waals surface area contributed by atoms with Crippen LogP contribution in [0.15, 0.2) is 24.3 Å². The normalized spacial score (nSPS) is 23.9. The number of hydrogen-bond acceptors (Lipinski definition) is 4. The van der Waals surface area contributed by atoms with E-state index in [1.54, 1.807) is 7.11 Å². The molecule has 2 rings (SSSR count). The van der Waals surface area contributed by atoms with Gasteiger partial charge in [-0.05, 0) is 30.5 Å². The second-order valence-corrected chi connectivity index (χ2v) is 7.11. The molecule has 0 bridgehead atoms. The largest absolute Gasteiger partial charge is 0.497 e. The molecule has 2 unspecified atom stereocenters. The van der Waals surface area contributed by atoms with Crippen molar-refractivity contribution in [2.45, 2.75) is 31.9 Å². The molecule has 0 radical (unpaired) electrons. The summed E-state index contributed by atoms with van der Waals surface area (Å²) in [5.41, 5.74) is 0.862. The van der Waals surface area contributed by atoms with Gasteiger partial charge in [0.15, 0.2) is 0 Å². The highest BCUT2D eigenvalue weighted by atomic mass is 32.2. The first-order chi connectivity index (χ1) is 9.47. The molecule has 1 aromatic carbocycles. The van der Waals surface area contributed by atoms with Crippen LogP contribution in [-0.4, -0.2) is 43.3 Å². The zero-order valence-corrected chi connectivity index (χ0v) is 12.6. The number of rotatable bonds is 5. The van der Waals surface area contributed by atoms with Crippen molar-refractivity contribution < 1.29 is 18.3 Å². The number of hydrogen-bond donors (Lipinski definition) is 1. The van der Waals surface area contributed by atoms with E-state index in [-0.39, 0.29) is 18.3 Å². The molecule has 0 spiro atoms. The first-order valence-electron chi connectivity index (χ1n) is 6.79. The number of methoxy groups -OCH3 is 1. The number of ether oxygens (including phenoxy) is 1. The van der Waals surface area contributed by atoms with Gasteiger partial charge >= 0.3 is 0 Å². The topological polar surface area (TPSA) is 66.8 Å². The van der Waals surface area contributed by atoms with Crippen LogP contribution >= 0.6 is 0 Å². The lowest BCUT2D eigenvalue weighted by atomic mass is 10.0. The van der Waals surface area contributed by atoms with E-state index < -0.39 is 16.1 Å². The van der Waals surface area contributed by atoms with Gasteiger partial charge in [-0.2, -0.15) is 4.31 Å². The lowest BCUT2D eigenvalue weighted by Crippen LogP contribution is -2.33. The van der Waals surface area contributed by atoms with E-state index in [1.807, 2.05) is 31.2 Å². The van der Waals surface area contributed by atoms with Crippen molar-refractivity contribution in [1.82, 2.24) is 4.31 Å². The van der Waals surface area contributed by atoms with Crippen molar-refractivity contribution in [3.05, 3.63) is 29.8 Å². The fourth-order valence-electron chi connectivity index (χ4n) is 2.62. The molecule has 1 aliphatic heterocycles. The summed E-state index contributed by atoms with van der Waals surface area (Å²) in [6.45, 7) is 2.01. The molecule has 1 aromatic rings. The Balaban J connectivity index is 2.32. The highest BCUT2D eigenvalue weighted by molar-refractivity contribution is 7.89. The minimum absolute atomic E-state index is 0.111. The zero-order valence-electron chi connectivity index (χ0n) is 11.8. The summed E-state index contributed by atoms with van der Waals surface area (Å²) in [6, 6.07) is 7.05. The lowest BCUT2D eigenvalue weighted by molar-refractivity contribution is 0.188. The van der Waals surface area contributed by atoms with E-state index in [1.165, 1.54) is 4.31 Å². The van der Waals surface area contributed by atoms with Crippen LogP contribution in [0.3, 0.4) is 0 Å². The Hall–Kier alpha value is -1.11. The van der Waals surface area contributed by atoms with Gasteiger partial charge in [-0.3, -0.25) is 0 Å². The average Bonchev–Trinajstić information content (AvgIpc) is 2.82. The van der Waals surface area contributed by atoms with Crippen LogP contribution in [-0.2, 0) is 10.0 Å². The molecule has 0 amide bonds. The second-order valence-electron chi connectivity index (χ2n) is 5.07. The SMILES string of the molecule is CCCS(=O)(=O)N1CC(O)CC1c1cccc(OC)c1. The summed E-state index contributed by atoms with van der Waals surface area (Å²) < 4.78 is 31.2. The van der Waals surface area contributed by atoms with E-state index in [9.17, 15) is 13.5 Å². The average molecular weight is 299 g/mol. The number of nitrogens with zero attached hydrogens (tertiary/aromatic N) is 1. The second kappa shape index (κ2) is 6.11. The Morgan fingerprint density at radius 2 is 2.20 bits per heavy atom. The molecular formula is C14H21NO4S. The minimum atomic E-state index is -3.33. The highest BCUT2D eigenvalue weighted by Gasteiger charge is 2.39. The molecule has 1 saturated heterocycles. The van der Waals surface area contributed by atoms with Crippen molar-refractivity contribution in [3.8, 4) is 5.75 Å². The number of aliphatic hydroxyl groups excluding tert-OH is 1. The van der Waals surface area contributed by atoms with Gasteiger partial charge in [0.2, 0.25) is 10.0 Å². The summed E-state index contributed by atoms with van der Waals surface area (Å²) in [4.78, 5) is 0. The lowest BCUT2D eigenvalue weighted by Gasteiger charge is -2.24. The Morgan fingerprint density at radius 3 is 2.85 bits per heavy atom. The minimum Gasteiger partial charge on any atom is -0.497 e. The predicted octanol–water partition coefficient (Wildman–Crippen LogP) is 1.54. The molecule has 2 atom stereocenters. The summed E-state index contributed by atoms with van der Waals surface area (Å²) >= 11 is 0. The fourth-order valence-corrected chi connectivity index (χ4v) is 4.36. The van der Waals surface area contributed by atoms with Gasteiger partial charge in [-0.15, -0.1) is 0 Å². The highest BCUT2D eigenvalue weighted by Crippen LogP contribution is 2.35. The van der Waals surface area contributed by atoms with Crippen LogP contribution in [0.5, 0.6) is 5.75 Å². The van der Waals surface area contributed by atoms with Gasteiger partial charge in [-0.1, -0.05) is 19.1 Å². The number of sulfonamides is 1. The molecule has 112 valence electrons.